The maximum absolute atomic E-state index is 13.5. The fourth-order valence-corrected chi connectivity index (χ4v) is 5.75. The summed E-state index contributed by atoms with van der Waals surface area (Å²) < 4.78 is 30.2. The van der Waals surface area contributed by atoms with E-state index in [1.165, 1.54) is 29.3 Å². The first kappa shape index (κ1) is 24.9. The summed E-state index contributed by atoms with van der Waals surface area (Å²) in [6.45, 7) is 1.73. The van der Waals surface area contributed by atoms with Crippen LogP contribution in [0.1, 0.15) is 14.4 Å². The number of anilines is 2. The van der Waals surface area contributed by atoms with Crippen LogP contribution in [0, 0.1) is 23.2 Å². The molecule has 202 valence electrons. The van der Waals surface area contributed by atoms with Crippen molar-refractivity contribution in [1.82, 2.24) is 28.7 Å². The molecule has 0 radical (unpaired) electrons. The van der Waals surface area contributed by atoms with E-state index in [9.17, 15) is 23.2 Å². The summed E-state index contributed by atoms with van der Waals surface area (Å²) in [5, 5.41) is 14.0. The topological polar surface area (TPSA) is 144 Å². The summed E-state index contributed by atoms with van der Waals surface area (Å²) in [4.78, 5) is 53.2. The standard InChI is InChI=1S/C24H21F2N9O3S.H2/c1-12(35-11-29-19-18(35)22(37)34(6-5-27)23(38)32(19)2)20(36)30-16-10-39-21(31-16)13-3-4-17(28-7-13)33-8-14-15(9-33)24(14,25)26;/h3-4,7,10-12,14-15H,6,8-9H2,1-2H3,(H,30,36);1H/t12-,14?,15?;/m0./s1. The van der Waals surface area contributed by atoms with Crippen LogP contribution in [0.3, 0.4) is 0 Å². The van der Waals surface area contributed by atoms with Gasteiger partial charge in [-0.3, -0.25) is 14.2 Å². The highest BCUT2D eigenvalue weighted by atomic mass is 32.1. The summed E-state index contributed by atoms with van der Waals surface area (Å²) in [6, 6.07) is 4.49. The number of alkyl halides is 2. The number of fused-ring (bicyclic) bond motifs is 2. The predicted octanol–water partition coefficient (Wildman–Crippen LogP) is 2.09. The molecule has 2 unspecified atom stereocenters. The number of nitrogens with zero attached hydrogens (tertiary/aromatic N) is 8. The van der Waals surface area contributed by atoms with Crippen LogP contribution in [0.4, 0.5) is 20.4 Å². The summed E-state index contributed by atoms with van der Waals surface area (Å²) in [6.07, 6.45) is 2.93. The Balaban J connectivity index is 0.00000323. The number of pyridine rings is 1. The maximum atomic E-state index is 13.5. The number of carbonyl (C=O) groups excluding carboxylic acids is 1. The number of nitrogens with one attached hydrogen (secondary N) is 1. The van der Waals surface area contributed by atoms with Crippen LogP contribution in [0.2, 0.25) is 0 Å². The maximum Gasteiger partial charge on any atom is 0.333 e. The smallest absolute Gasteiger partial charge is 0.333 e. The molecule has 6 rings (SSSR count). The molecule has 4 aromatic rings. The van der Waals surface area contributed by atoms with Crippen molar-refractivity contribution in [3.8, 4) is 16.6 Å². The Morgan fingerprint density at radius 3 is 2.72 bits per heavy atom. The Bertz CT molecular complexity index is 1780. The monoisotopic (exact) mass is 555 g/mol. The van der Waals surface area contributed by atoms with Crippen molar-refractivity contribution in [2.75, 3.05) is 23.3 Å². The lowest BCUT2D eigenvalue weighted by molar-refractivity contribution is -0.118. The van der Waals surface area contributed by atoms with E-state index >= 15 is 0 Å². The largest absolute Gasteiger partial charge is 0.356 e. The minimum absolute atomic E-state index is 0. The molecule has 2 fully saturated rings. The van der Waals surface area contributed by atoms with Gasteiger partial charge in [0.15, 0.2) is 11.2 Å². The number of piperidine rings is 1. The highest BCUT2D eigenvalue weighted by molar-refractivity contribution is 7.13. The van der Waals surface area contributed by atoms with E-state index in [4.69, 9.17) is 5.26 Å². The van der Waals surface area contributed by atoms with Gasteiger partial charge in [0.1, 0.15) is 29.2 Å². The number of hydrogen-bond donors (Lipinski definition) is 1. The molecule has 1 aliphatic heterocycles. The van der Waals surface area contributed by atoms with E-state index < -0.39 is 47.5 Å². The molecule has 15 heteroatoms. The Morgan fingerprint density at radius 1 is 1.31 bits per heavy atom. The molecule has 1 aliphatic carbocycles. The van der Waals surface area contributed by atoms with E-state index in [1.54, 1.807) is 30.6 Å². The molecule has 1 N–H and O–H groups in total. The van der Waals surface area contributed by atoms with Gasteiger partial charge >= 0.3 is 5.69 Å². The average Bonchev–Trinajstić information content (AvgIpc) is 3.51. The number of hydrogen-bond acceptors (Lipinski definition) is 9. The van der Waals surface area contributed by atoms with Gasteiger partial charge in [-0.1, -0.05) is 0 Å². The molecular weight excluding hydrogens is 532 g/mol. The van der Waals surface area contributed by atoms with Crippen LogP contribution in [0.25, 0.3) is 21.7 Å². The molecule has 5 heterocycles. The molecule has 0 spiro atoms. The zero-order valence-corrected chi connectivity index (χ0v) is 21.5. The SMILES string of the molecule is C[C@@H](C(=O)Nc1csc(-c2ccc(N3CC4C(C3)C4(F)F)nc2)n1)n1cnc2c1c(=O)n(CC#N)c(=O)n2C.[HH]. The van der Waals surface area contributed by atoms with Crippen LogP contribution < -0.4 is 21.5 Å². The van der Waals surface area contributed by atoms with Crippen molar-refractivity contribution in [3.63, 3.8) is 0 Å². The van der Waals surface area contributed by atoms with Gasteiger partial charge < -0.3 is 14.8 Å². The Morgan fingerprint density at radius 2 is 2.05 bits per heavy atom. The molecule has 4 aromatic heterocycles. The van der Waals surface area contributed by atoms with Crippen molar-refractivity contribution in [2.24, 2.45) is 18.9 Å². The van der Waals surface area contributed by atoms with E-state index in [1.807, 2.05) is 11.0 Å². The molecule has 1 saturated carbocycles. The highest BCUT2D eigenvalue weighted by Gasteiger charge is 2.71. The average molecular weight is 556 g/mol. The lowest BCUT2D eigenvalue weighted by atomic mass is 10.3. The summed E-state index contributed by atoms with van der Waals surface area (Å²) in [7, 11) is 1.43. The van der Waals surface area contributed by atoms with Gasteiger partial charge in [0, 0.05) is 38.7 Å². The van der Waals surface area contributed by atoms with E-state index in [0.29, 0.717) is 35.3 Å². The van der Waals surface area contributed by atoms with Gasteiger partial charge in [-0.15, -0.1) is 11.3 Å². The lowest BCUT2D eigenvalue weighted by Crippen LogP contribution is -2.40. The van der Waals surface area contributed by atoms with Crippen molar-refractivity contribution >= 4 is 40.0 Å². The van der Waals surface area contributed by atoms with Gasteiger partial charge in [0.2, 0.25) is 5.91 Å². The quantitative estimate of drug-likeness (QED) is 0.381. The molecule has 0 aromatic carbocycles. The Labute approximate surface area is 224 Å². The first-order chi connectivity index (χ1) is 18.6. The second-order valence-electron chi connectivity index (χ2n) is 9.62. The van der Waals surface area contributed by atoms with Crippen LogP contribution in [0.5, 0.6) is 0 Å². The van der Waals surface area contributed by atoms with Crippen LogP contribution in [0.15, 0.2) is 39.6 Å². The fraction of sp³-hybridized carbons (Fsp3) is 0.375. The Kier molecular flexibility index (Phi) is 5.61. The number of amides is 1. The minimum Gasteiger partial charge on any atom is -0.356 e. The second kappa shape index (κ2) is 8.80. The Hall–Kier alpha value is -4.45. The van der Waals surface area contributed by atoms with Crippen LogP contribution in [-0.2, 0) is 18.4 Å². The van der Waals surface area contributed by atoms with Gasteiger partial charge in [0.05, 0.1) is 24.2 Å². The third-order valence-corrected chi connectivity index (χ3v) is 8.25. The molecule has 3 atom stereocenters. The molecule has 2 aliphatic rings. The van der Waals surface area contributed by atoms with Crippen molar-refractivity contribution in [2.45, 2.75) is 25.4 Å². The zero-order chi connectivity index (χ0) is 27.6. The lowest BCUT2D eigenvalue weighted by Gasteiger charge is -2.20. The molecule has 1 saturated heterocycles. The molecule has 0 bridgehead atoms. The molecule has 12 nitrogen and oxygen atoms in total. The molecule has 1 amide bonds. The number of imidazole rings is 1. The summed E-state index contributed by atoms with van der Waals surface area (Å²) >= 11 is 1.30. The van der Waals surface area contributed by atoms with E-state index in [2.05, 4.69) is 20.3 Å². The number of thiazole rings is 1. The van der Waals surface area contributed by atoms with Gasteiger partial charge in [0.25, 0.3) is 11.5 Å². The van der Waals surface area contributed by atoms with Crippen LogP contribution in [-0.4, -0.2) is 53.6 Å². The number of rotatable bonds is 6. The third kappa shape index (κ3) is 3.90. The van der Waals surface area contributed by atoms with Crippen molar-refractivity contribution < 1.29 is 15.0 Å². The second-order valence-corrected chi connectivity index (χ2v) is 10.5. The predicted molar refractivity (Wildman–Crippen MR) is 140 cm³/mol. The minimum atomic E-state index is -2.55. The number of nitriles is 1. The zero-order valence-electron chi connectivity index (χ0n) is 20.7. The van der Waals surface area contributed by atoms with Crippen LogP contribution >= 0.6 is 11.3 Å². The first-order valence-electron chi connectivity index (χ1n) is 12.0. The summed E-state index contributed by atoms with van der Waals surface area (Å²) in [5.41, 5.74) is -0.540. The highest BCUT2D eigenvalue weighted by Crippen LogP contribution is 2.59. The normalized spacial score (nSPS) is 20.0. The summed E-state index contributed by atoms with van der Waals surface area (Å²) in [5.74, 6) is -3.25. The number of halogens is 2. The number of aryl methyl sites for hydroxylation is 1. The third-order valence-electron chi connectivity index (χ3n) is 7.36. The molecule has 39 heavy (non-hydrogen) atoms. The van der Waals surface area contributed by atoms with E-state index in [-0.39, 0.29) is 12.6 Å². The van der Waals surface area contributed by atoms with E-state index in [0.717, 1.165) is 9.13 Å². The number of aromatic nitrogens is 6. The van der Waals surface area contributed by atoms with Gasteiger partial charge in [-0.2, -0.15) is 5.26 Å². The van der Waals surface area contributed by atoms with Gasteiger partial charge in [-0.05, 0) is 19.1 Å². The number of carbonyl (C=O) groups is 1. The fourth-order valence-electron chi connectivity index (χ4n) is 5.01. The van der Waals surface area contributed by atoms with Gasteiger partial charge in [-0.25, -0.2) is 33.1 Å². The molecular formula is C24H23F2N9O3S. The van der Waals surface area contributed by atoms with Crippen molar-refractivity contribution in [1.29, 1.82) is 5.26 Å². The first-order valence-corrected chi connectivity index (χ1v) is 12.9. The van der Waals surface area contributed by atoms with Crippen molar-refractivity contribution in [3.05, 3.63) is 50.9 Å².